The third-order valence-corrected chi connectivity index (χ3v) is 5.61. The van der Waals surface area contributed by atoms with Crippen LogP contribution in [0.5, 0.6) is 0 Å². The second-order valence-electron chi connectivity index (χ2n) is 5.50. The summed E-state index contributed by atoms with van der Waals surface area (Å²) in [5.41, 5.74) is 1.32. The van der Waals surface area contributed by atoms with E-state index in [1.165, 1.54) is 24.2 Å². The Labute approximate surface area is 146 Å². The largest absolute Gasteiger partial charge is 0.462 e. The third-order valence-electron chi connectivity index (χ3n) is 3.67. The van der Waals surface area contributed by atoms with E-state index in [9.17, 15) is 14.2 Å². The van der Waals surface area contributed by atoms with Crippen LogP contribution < -0.4 is 0 Å². The predicted octanol–water partition coefficient (Wildman–Crippen LogP) is 4.15. The molecule has 1 aromatic carbocycles. The van der Waals surface area contributed by atoms with Gasteiger partial charge in [0.1, 0.15) is 5.31 Å². The van der Waals surface area contributed by atoms with E-state index in [1.54, 1.807) is 20.0 Å². The van der Waals surface area contributed by atoms with Gasteiger partial charge >= 0.3 is 5.97 Å². The summed E-state index contributed by atoms with van der Waals surface area (Å²) >= 11 is 0. The highest BCUT2D eigenvalue weighted by atomic mass is 31.2. The van der Waals surface area contributed by atoms with Gasteiger partial charge in [0.15, 0.2) is 0 Å². The number of esters is 1. The van der Waals surface area contributed by atoms with Crippen LogP contribution in [0.3, 0.4) is 0 Å². The molecule has 0 radical (unpaired) electrons. The molecule has 1 heterocycles. The average Bonchev–Trinajstić information content (AvgIpc) is 2.91. The first-order valence-corrected chi connectivity index (χ1v) is 10.1. The molecule has 0 saturated carbocycles. The molecule has 0 unspecified atom stereocenters. The molecule has 2 aromatic rings. The van der Waals surface area contributed by atoms with E-state index in [0.29, 0.717) is 11.1 Å². The maximum absolute atomic E-state index is 12.8. The lowest BCUT2D eigenvalue weighted by Crippen LogP contribution is -2.09. The van der Waals surface area contributed by atoms with Crippen molar-refractivity contribution in [3.63, 3.8) is 0 Å². The molecule has 0 aliphatic heterocycles. The lowest BCUT2D eigenvalue weighted by Gasteiger charge is -2.15. The summed E-state index contributed by atoms with van der Waals surface area (Å²) in [5.74, 6) is -0.834. The number of carbonyl (C=O) groups is 2. The van der Waals surface area contributed by atoms with Crippen LogP contribution in [0.4, 0.5) is 0 Å². The molecular weight excluding hydrogens is 341 g/mol. The lowest BCUT2D eigenvalue weighted by atomic mass is 10.1. The molecule has 0 bridgehead atoms. The van der Waals surface area contributed by atoms with Crippen molar-refractivity contribution in [1.82, 2.24) is 4.57 Å². The minimum absolute atomic E-state index is 0.0253. The van der Waals surface area contributed by atoms with Gasteiger partial charge in [0, 0.05) is 30.7 Å². The molecular formula is C18H22NO5P. The van der Waals surface area contributed by atoms with Gasteiger partial charge in [-0.05, 0) is 26.0 Å². The molecule has 0 spiro atoms. The number of aromatic nitrogens is 1. The minimum Gasteiger partial charge on any atom is -0.462 e. The smallest absolute Gasteiger partial charge is 0.344 e. The summed E-state index contributed by atoms with van der Waals surface area (Å²) in [5, 5.41) is 0.749. The first-order chi connectivity index (χ1) is 11.8. The van der Waals surface area contributed by atoms with Crippen LogP contribution in [0.1, 0.15) is 31.1 Å². The quantitative estimate of drug-likeness (QED) is 0.438. The van der Waals surface area contributed by atoms with Gasteiger partial charge in [0.05, 0.1) is 18.7 Å². The van der Waals surface area contributed by atoms with Crippen LogP contribution in [0.15, 0.2) is 35.8 Å². The number of benzene rings is 1. The van der Waals surface area contributed by atoms with Gasteiger partial charge in [-0.1, -0.05) is 18.2 Å². The zero-order valence-corrected chi connectivity index (χ0v) is 15.7. The summed E-state index contributed by atoms with van der Waals surface area (Å²) in [7, 11) is -3.35. The highest BCUT2D eigenvalue weighted by molar-refractivity contribution is 7.64. The van der Waals surface area contributed by atoms with E-state index in [0.717, 1.165) is 5.39 Å². The Balaban J connectivity index is 2.68. The monoisotopic (exact) mass is 363 g/mol. The van der Waals surface area contributed by atoms with Crippen molar-refractivity contribution in [2.75, 3.05) is 19.9 Å². The van der Waals surface area contributed by atoms with E-state index >= 15 is 0 Å². The van der Waals surface area contributed by atoms with Crippen LogP contribution in [-0.2, 0) is 18.6 Å². The van der Waals surface area contributed by atoms with E-state index in [-0.39, 0.29) is 24.4 Å². The van der Waals surface area contributed by atoms with Gasteiger partial charge in [-0.15, -0.1) is 0 Å². The predicted molar refractivity (Wildman–Crippen MR) is 98.0 cm³/mol. The molecule has 0 fully saturated rings. The molecule has 0 amide bonds. The van der Waals surface area contributed by atoms with Crippen LogP contribution in [0, 0.1) is 0 Å². The van der Waals surface area contributed by atoms with Gasteiger partial charge in [-0.3, -0.25) is 13.9 Å². The lowest BCUT2D eigenvalue weighted by molar-refractivity contribution is -0.137. The maximum Gasteiger partial charge on any atom is 0.344 e. The van der Waals surface area contributed by atoms with E-state index in [4.69, 9.17) is 9.26 Å². The molecule has 0 aliphatic rings. The number of hydrogen-bond acceptors (Lipinski definition) is 5. The summed E-state index contributed by atoms with van der Waals surface area (Å²) in [6, 6.07) is 7.31. The zero-order valence-electron chi connectivity index (χ0n) is 14.8. The molecule has 1 atom stereocenters. The summed E-state index contributed by atoms with van der Waals surface area (Å²) in [6.45, 7) is 6.61. The Bertz CT molecular complexity index is 881. The normalized spacial score (nSPS) is 14.3. The second kappa shape index (κ2) is 7.81. The van der Waals surface area contributed by atoms with Crippen molar-refractivity contribution in [1.29, 1.82) is 0 Å². The molecule has 6 nitrogen and oxygen atoms in total. The van der Waals surface area contributed by atoms with Crippen molar-refractivity contribution in [3.05, 3.63) is 41.3 Å². The summed E-state index contributed by atoms with van der Waals surface area (Å²) < 4.78 is 24.7. The van der Waals surface area contributed by atoms with Crippen molar-refractivity contribution in [2.45, 2.75) is 20.8 Å². The number of fused-ring (bicyclic) bond motifs is 1. The summed E-state index contributed by atoms with van der Waals surface area (Å²) in [6.07, 6.45) is 3.12. The molecule has 0 N–H and O–H groups in total. The Morgan fingerprint density at radius 3 is 2.48 bits per heavy atom. The highest BCUT2D eigenvalue weighted by Crippen LogP contribution is 2.52. The molecule has 2 rings (SSSR count). The van der Waals surface area contributed by atoms with Crippen LogP contribution in [0.2, 0.25) is 0 Å². The average molecular weight is 363 g/mol. The Morgan fingerprint density at radius 2 is 1.88 bits per heavy atom. The number of hydrogen-bond donors (Lipinski definition) is 0. The van der Waals surface area contributed by atoms with Crippen molar-refractivity contribution in [3.8, 4) is 0 Å². The minimum atomic E-state index is -3.35. The summed E-state index contributed by atoms with van der Waals surface area (Å²) in [4.78, 5) is 24.2. The van der Waals surface area contributed by atoms with Gasteiger partial charge < -0.3 is 9.26 Å². The van der Waals surface area contributed by atoms with Gasteiger partial charge in [-0.25, -0.2) is 4.79 Å². The fraction of sp³-hybridized carbons (Fsp3) is 0.333. The van der Waals surface area contributed by atoms with E-state index < -0.39 is 13.3 Å². The number of para-hydroxylation sites is 1. The second-order valence-corrected chi connectivity index (χ2v) is 7.94. The maximum atomic E-state index is 12.8. The third kappa shape index (κ3) is 4.09. The fourth-order valence-electron chi connectivity index (χ4n) is 2.59. The standard InChI is InChI=1S/C18H22NO5P/c1-5-23-18(21)17(25(4,22)24-6-2)11-14-12-19(13(3)20)16-10-8-7-9-15(14)16/h7-12H,5-6H2,1-4H3/b17-11-/t25-/m0/s1. The van der Waals surface area contributed by atoms with Crippen molar-refractivity contribution in [2.24, 2.45) is 0 Å². The molecule has 0 saturated heterocycles. The number of carbonyl (C=O) groups excluding carboxylic acids is 2. The van der Waals surface area contributed by atoms with Gasteiger partial charge in [-0.2, -0.15) is 0 Å². The van der Waals surface area contributed by atoms with Crippen LogP contribution in [-0.4, -0.2) is 36.3 Å². The number of rotatable bonds is 6. The molecule has 7 heteroatoms. The Hall–Kier alpha value is -2.17. The Kier molecular flexibility index (Phi) is 5.98. The zero-order chi connectivity index (χ0) is 18.6. The van der Waals surface area contributed by atoms with Gasteiger partial charge in [0.2, 0.25) is 13.3 Å². The first-order valence-electron chi connectivity index (χ1n) is 8.04. The Morgan fingerprint density at radius 1 is 1.20 bits per heavy atom. The van der Waals surface area contributed by atoms with E-state index in [1.807, 2.05) is 24.3 Å². The molecule has 1 aromatic heterocycles. The van der Waals surface area contributed by atoms with Crippen LogP contribution >= 0.6 is 7.37 Å². The number of nitrogens with zero attached hydrogens (tertiary/aromatic N) is 1. The fourth-order valence-corrected chi connectivity index (χ4v) is 3.99. The topological polar surface area (TPSA) is 74.6 Å². The van der Waals surface area contributed by atoms with Crippen LogP contribution in [0.25, 0.3) is 17.0 Å². The van der Waals surface area contributed by atoms with Gasteiger partial charge in [0.25, 0.3) is 0 Å². The number of ether oxygens (including phenoxy) is 1. The highest BCUT2D eigenvalue weighted by Gasteiger charge is 2.30. The van der Waals surface area contributed by atoms with E-state index in [2.05, 4.69) is 0 Å². The first kappa shape index (κ1) is 19.2. The molecule has 25 heavy (non-hydrogen) atoms. The molecule has 0 aliphatic carbocycles. The molecule has 134 valence electrons. The SMILES string of the molecule is CCOC(=O)/C(=C/c1cn(C(C)=O)c2ccccc12)[P@@](C)(=O)OCC. The van der Waals surface area contributed by atoms with Crippen molar-refractivity contribution < 1.29 is 23.4 Å². The van der Waals surface area contributed by atoms with Crippen molar-refractivity contribution >= 4 is 36.2 Å².